The number of thioether (sulfide) groups is 1. The van der Waals surface area contributed by atoms with Crippen LogP contribution in [0.25, 0.3) is 0 Å². The Morgan fingerprint density at radius 3 is 2.16 bits per heavy atom. The van der Waals surface area contributed by atoms with Gasteiger partial charge in [0.1, 0.15) is 11.6 Å². The van der Waals surface area contributed by atoms with Crippen LogP contribution in [0.2, 0.25) is 0 Å². The summed E-state index contributed by atoms with van der Waals surface area (Å²) in [6.45, 7) is 0. The van der Waals surface area contributed by atoms with Gasteiger partial charge in [0.25, 0.3) is 0 Å². The summed E-state index contributed by atoms with van der Waals surface area (Å²) in [6.07, 6.45) is 8.73. The summed E-state index contributed by atoms with van der Waals surface area (Å²) >= 11 is 4.91. The summed E-state index contributed by atoms with van der Waals surface area (Å²) in [6, 6.07) is 3.79. The first-order valence-electron chi connectivity index (χ1n) is 6.88. The van der Waals surface area contributed by atoms with Gasteiger partial charge in [-0.3, -0.25) is 0 Å². The largest absolute Gasteiger partial charge is 0.207 e. The first-order chi connectivity index (χ1) is 9.24. The topological polar surface area (TPSA) is 0 Å². The third kappa shape index (κ3) is 7.93. The maximum atomic E-state index is 13.3. The summed E-state index contributed by atoms with van der Waals surface area (Å²) in [5.74, 6) is -0.0469. The first-order valence-corrected chi connectivity index (χ1v) is 8.98. The van der Waals surface area contributed by atoms with E-state index in [2.05, 4.69) is 15.9 Å². The van der Waals surface area contributed by atoms with Crippen LogP contribution in [0.1, 0.15) is 44.9 Å². The van der Waals surface area contributed by atoms with Crippen LogP contribution in [-0.4, -0.2) is 11.1 Å². The molecule has 0 aliphatic carbocycles. The second kappa shape index (κ2) is 10.7. The number of halogens is 3. The highest BCUT2D eigenvalue weighted by atomic mass is 79.9. The van der Waals surface area contributed by atoms with E-state index in [-0.39, 0.29) is 0 Å². The molecule has 0 bridgehead atoms. The van der Waals surface area contributed by atoms with E-state index in [0.717, 1.165) is 23.6 Å². The van der Waals surface area contributed by atoms with Gasteiger partial charge < -0.3 is 0 Å². The van der Waals surface area contributed by atoms with Gasteiger partial charge in [-0.2, -0.15) is 0 Å². The maximum Gasteiger partial charge on any atom is 0.139 e. The second-order valence-electron chi connectivity index (χ2n) is 4.59. The van der Waals surface area contributed by atoms with E-state index < -0.39 is 11.6 Å². The van der Waals surface area contributed by atoms with Gasteiger partial charge >= 0.3 is 0 Å². The van der Waals surface area contributed by atoms with Crippen molar-refractivity contribution >= 4 is 27.7 Å². The molecule has 0 unspecified atom stereocenters. The fourth-order valence-electron chi connectivity index (χ4n) is 1.85. The molecule has 0 aromatic heterocycles. The maximum absolute atomic E-state index is 13.3. The molecule has 0 radical (unpaired) electrons. The quantitative estimate of drug-likeness (QED) is 0.275. The van der Waals surface area contributed by atoms with Crippen LogP contribution in [0.3, 0.4) is 0 Å². The standard InChI is InChI=1S/C15H21BrF2S/c16-10-6-4-2-1-3-5-7-11-19-15-9-8-13(17)12-14(15)18/h8-9,12H,1-7,10-11H2. The van der Waals surface area contributed by atoms with Gasteiger partial charge in [-0.25, -0.2) is 8.78 Å². The highest BCUT2D eigenvalue weighted by molar-refractivity contribution is 9.09. The molecule has 4 heteroatoms. The molecule has 1 rings (SSSR count). The Bertz CT molecular complexity index is 358. The van der Waals surface area contributed by atoms with Gasteiger partial charge in [-0.1, -0.05) is 48.0 Å². The molecule has 0 amide bonds. The van der Waals surface area contributed by atoms with Crippen molar-refractivity contribution in [3.05, 3.63) is 29.8 Å². The third-order valence-electron chi connectivity index (χ3n) is 2.93. The molecule has 0 spiro atoms. The van der Waals surface area contributed by atoms with Crippen LogP contribution < -0.4 is 0 Å². The molecule has 0 heterocycles. The molecule has 0 N–H and O–H groups in total. The molecule has 1 aromatic carbocycles. The van der Waals surface area contributed by atoms with Crippen LogP contribution in [0.4, 0.5) is 8.78 Å². The molecule has 0 atom stereocenters. The Morgan fingerprint density at radius 2 is 1.53 bits per heavy atom. The summed E-state index contributed by atoms with van der Waals surface area (Å²) in [7, 11) is 0. The zero-order valence-electron chi connectivity index (χ0n) is 11.1. The lowest BCUT2D eigenvalue weighted by Gasteiger charge is -2.04. The molecule has 0 saturated heterocycles. The van der Waals surface area contributed by atoms with Crippen molar-refractivity contribution in [2.24, 2.45) is 0 Å². The lowest BCUT2D eigenvalue weighted by molar-refractivity contribution is 0.565. The molecule has 108 valence electrons. The molecule has 19 heavy (non-hydrogen) atoms. The number of hydrogen-bond acceptors (Lipinski definition) is 1. The summed E-state index contributed by atoms with van der Waals surface area (Å²) in [5.41, 5.74) is 0. The Kier molecular flexibility index (Phi) is 9.52. The highest BCUT2D eigenvalue weighted by Crippen LogP contribution is 2.23. The van der Waals surface area contributed by atoms with E-state index in [0.29, 0.717) is 4.90 Å². The highest BCUT2D eigenvalue weighted by Gasteiger charge is 2.03. The first kappa shape index (κ1) is 17.0. The van der Waals surface area contributed by atoms with Crippen molar-refractivity contribution in [1.82, 2.24) is 0 Å². The number of alkyl halides is 1. The average Bonchev–Trinajstić information content (AvgIpc) is 2.39. The Labute approximate surface area is 127 Å². The van der Waals surface area contributed by atoms with Crippen LogP contribution in [0, 0.1) is 11.6 Å². The van der Waals surface area contributed by atoms with Crippen LogP contribution >= 0.6 is 27.7 Å². The number of rotatable bonds is 10. The lowest BCUT2D eigenvalue weighted by Crippen LogP contribution is -1.87. The van der Waals surface area contributed by atoms with E-state index >= 15 is 0 Å². The van der Waals surface area contributed by atoms with Crippen molar-refractivity contribution in [1.29, 1.82) is 0 Å². The van der Waals surface area contributed by atoms with Crippen LogP contribution in [-0.2, 0) is 0 Å². The van der Waals surface area contributed by atoms with E-state index in [1.165, 1.54) is 62.4 Å². The monoisotopic (exact) mass is 350 g/mol. The minimum absolute atomic E-state index is 0.445. The SMILES string of the molecule is Fc1ccc(SCCCCCCCCCBr)c(F)c1. The summed E-state index contributed by atoms with van der Waals surface area (Å²) in [5, 5.41) is 1.10. The average molecular weight is 351 g/mol. The normalized spacial score (nSPS) is 10.9. The van der Waals surface area contributed by atoms with Crippen molar-refractivity contribution < 1.29 is 8.78 Å². The van der Waals surface area contributed by atoms with E-state index in [1.807, 2.05) is 0 Å². The second-order valence-corrected chi connectivity index (χ2v) is 6.52. The van der Waals surface area contributed by atoms with Crippen LogP contribution in [0.5, 0.6) is 0 Å². The minimum Gasteiger partial charge on any atom is -0.207 e. The lowest BCUT2D eigenvalue weighted by atomic mass is 10.1. The van der Waals surface area contributed by atoms with Gasteiger partial charge in [-0.05, 0) is 30.7 Å². The Hall–Kier alpha value is -0.0900. The number of unbranched alkanes of at least 4 members (excludes halogenated alkanes) is 6. The van der Waals surface area contributed by atoms with Gasteiger partial charge in [0.05, 0.1) is 0 Å². The zero-order valence-corrected chi connectivity index (χ0v) is 13.5. The van der Waals surface area contributed by atoms with E-state index in [4.69, 9.17) is 0 Å². The van der Waals surface area contributed by atoms with Crippen molar-refractivity contribution in [3.63, 3.8) is 0 Å². The molecular weight excluding hydrogens is 330 g/mol. The fourth-order valence-corrected chi connectivity index (χ4v) is 3.18. The van der Waals surface area contributed by atoms with Gasteiger partial charge in [0, 0.05) is 16.3 Å². The van der Waals surface area contributed by atoms with Crippen molar-refractivity contribution in [2.75, 3.05) is 11.1 Å². The molecule has 0 aliphatic heterocycles. The van der Waals surface area contributed by atoms with Gasteiger partial charge in [-0.15, -0.1) is 11.8 Å². The van der Waals surface area contributed by atoms with E-state index in [9.17, 15) is 8.78 Å². The molecule has 0 aliphatic rings. The molecular formula is C15H21BrF2S. The Morgan fingerprint density at radius 1 is 0.895 bits per heavy atom. The number of hydrogen-bond donors (Lipinski definition) is 0. The minimum atomic E-state index is -0.509. The van der Waals surface area contributed by atoms with Gasteiger partial charge in [0.2, 0.25) is 0 Å². The molecule has 0 saturated carbocycles. The predicted octanol–water partition coefficient (Wildman–Crippen LogP) is 6.18. The number of benzene rings is 1. The molecule has 0 fully saturated rings. The van der Waals surface area contributed by atoms with Crippen LogP contribution in [0.15, 0.2) is 23.1 Å². The van der Waals surface area contributed by atoms with Crippen molar-refractivity contribution in [3.8, 4) is 0 Å². The van der Waals surface area contributed by atoms with E-state index in [1.54, 1.807) is 0 Å². The molecule has 1 aromatic rings. The smallest absolute Gasteiger partial charge is 0.139 e. The van der Waals surface area contributed by atoms with Gasteiger partial charge in [0.15, 0.2) is 0 Å². The predicted molar refractivity (Wildman–Crippen MR) is 83.2 cm³/mol. The summed E-state index contributed by atoms with van der Waals surface area (Å²) < 4.78 is 26.0. The summed E-state index contributed by atoms with van der Waals surface area (Å²) in [4.78, 5) is 0.554. The third-order valence-corrected chi connectivity index (χ3v) is 4.63. The fraction of sp³-hybridized carbons (Fsp3) is 0.600. The molecule has 0 nitrogen and oxygen atoms in total. The van der Waals surface area contributed by atoms with Crippen molar-refractivity contribution in [2.45, 2.75) is 49.8 Å². The Balaban J connectivity index is 2.01. The zero-order chi connectivity index (χ0) is 13.9.